The van der Waals surface area contributed by atoms with E-state index in [1.165, 1.54) is 5.56 Å². The van der Waals surface area contributed by atoms with Crippen LogP contribution in [0.2, 0.25) is 0 Å². The molecule has 0 saturated heterocycles. The highest BCUT2D eigenvalue weighted by atomic mass is 35.5. The number of rotatable bonds is 8. The van der Waals surface area contributed by atoms with Crippen molar-refractivity contribution >= 4 is 36.6 Å². The van der Waals surface area contributed by atoms with Crippen LogP contribution in [0.15, 0.2) is 30.3 Å². The summed E-state index contributed by atoms with van der Waals surface area (Å²) in [5.41, 5.74) is 6.37. The summed E-state index contributed by atoms with van der Waals surface area (Å²) in [5, 5.41) is 9.15. The van der Waals surface area contributed by atoms with Crippen molar-refractivity contribution in [2.45, 2.75) is 44.2 Å². The summed E-state index contributed by atoms with van der Waals surface area (Å²) in [7, 11) is 0. The lowest BCUT2D eigenvalue weighted by Crippen LogP contribution is -2.53. The molecular formula is C18H30Cl2N4O2. The van der Waals surface area contributed by atoms with Gasteiger partial charge in [-0.3, -0.25) is 9.59 Å². The molecule has 2 amide bonds. The van der Waals surface area contributed by atoms with Crippen LogP contribution in [-0.2, 0) is 9.59 Å². The van der Waals surface area contributed by atoms with E-state index in [0.29, 0.717) is 6.54 Å². The first-order valence-electron chi connectivity index (χ1n) is 8.61. The van der Waals surface area contributed by atoms with Gasteiger partial charge in [0.15, 0.2) is 0 Å². The van der Waals surface area contributed by atoms with Crippen LogP contribution in [0, 0.1) is 0 Å². The smallest absolute Gasteiger partial charge is 0.239 e. The normalized spacial score (nSPS) is 15.9. The largest absolute Gasteiger partial charge is 0.353 e. The van der Waals surface area contributed by atoms with Gasteiger partial charge in [-0.2, -0.15) is 0 Å². The first kappa shape index (κ1) is 24.7. The first-order valence-corrected chi connectivity index (χ1v) is 8.61. The van der Waals surface area contributed by atoms with Gasteiger partial charge in [0.2, 0.25) is 11.8 Å². The minimum absolute atomic E-state index is 0. The third kappa shape index (κ3) is 7.50. The second kappa shape index (κ2) is 12.1. The van der Waals surface area contributed by atoms with E-state index >= 15 is 0 Å². The van der Waals surface area contributed by atoms with Crippen molar-refractivity contribution in [1.29, 1.82) is 0 Å². The molecule has 1 unspecified atom stereocenters. The van der Waals surface area contributed by atoms with Crippen molar-refractivity contribution in [3.05, 3.63) is 35.9 Å². The first-order chi connectivity index (χ1) is 11.5. The molecule has 2 rings (SSSR count). The second-order valence-electron chi connectivity index (χ2n) is 6.52. The molecule has 8 heteroatoms. The molecule has 148 valence electrons. The molecule has 1 atom stereocenters. The van der Waals surface area contributed by atoms with Crippen LogP contribution in [0.1, 0.15) is 44.2 Å². The summed E-state index contributed by atoms with van der Waals surface area (Å²) in [6.07, 6.45) is 4.40. The maximum absolute atomic E-state index is 11.9. The Morgan fingerprint density at radius 2 is 1.69 bits per heavy atom. The zero-order chi connectivity index (χ0) is 17.4. The molecule has 6 nitrogen and oxygen atoms in total. The van der Waals surface area contributed by atoms with Crippen molar-refractivity contribution in [3.8, 4) is 0 Å². The molecule has 1 aromatic carbocycles. The number of halogens is 2. The van der Waals surface area contributed by atoms with Gasteiger partial charge in [-0.15, -0.1) is 24.8 Å². The number of carbonyl (C=O) groups is 2. The molecular weight excluding hydrogens is 375 g/mol. The van der Waals surface area contributed by atoms with Gasteiger partial charge < -0.3 is 21.7 Å². The molecule has 0 aliphatic heterocycles. The topological polar surface area (TPSA) is 96.2 Å². The third-order valence-electron chi connectivity index (χ3n) is 4.64. The summed E-state index contributed by atoms with van der Waals surface area (Å²) in [4.78, 5) is 23.0. The van der Waals surface area contributed by atoms with Crippen LogP contribution in [0.3, 0.4) is 0 Å². The van der Waals surface area contributed by atoms with E-state index in [4.69, 9.17) is 5.73 Å². The highest BCUT2D eigenvalue weighted by Crippen LogP contribution is 2.31. The molecule has 26 heavy (non-hydrogen) atoms. The van der Waals surface area contributed by atoms with Gasteiger partial charge in [-0.25, -0.2) is 0 Å². The lowest BCUT2D eigenvalue weighted by molar-refractivity contribution is -0.125. The van der Waals surface area contributed by atoms with E-state index in [1.54, 1.807) is 0 Å². The van der Waals surface area contributed by atoms with Gasteiger partial charge >= 0.3 is 0 Å². The van der Waals surface area contributed by atoms with E-state index < -0.39 is 0 Å². The third-order valence-corrected chi connectivity index (χ3v) is 4.64. The van der Waals surface area contributed by atoms with Crippen LogP contribution >= 0.6 is 24.8 Å². The van der Waals surface area contributed by atoms with E-state index in [9.17, 15) is 9.59 Å². The Morgan fingerprint density at radius 3 is 2.27 bits per heavy atom. The Hall–Kier alpha value is -1.34. The number of nitrogens with one attached hydrogen (secondary N) is 3. The Balaban J connectivity index is 0.00000312. The monoisotopic (exact) mass is 404 g/mol. The minimum Gasteiger partial charge on any atom is -0.353 e. The lowest BCUT2D eigenvalue weighted by atomic mass is 9.94. The molecule has 0 heterocycles. The van der Waals surface area contributed by atoms with E-state index in [0.717, 1.165) is 25.7 Å². The summed E-state index contributed by atoms with van der Waals surface area (Å²) in [6.45, 7) is 2.59. The van der Waals surface area contributed by atoms with Crippen molar-refractivity contribution in [1.82, 2.24) is 16.0 Å². The number of nitrogens with two attached hydrogens (primary N) is 1. The molecule has 1 aromatic rings. The fourth-order valence-electron chi connectivity index (χ4n) is 3.29. The van der Waals surface area contributed by atoms with Crippen molar-refractivity contribution in [2.75, 3.05) is 19.6 Å². The number of benzene rings is 1. The predicted octanol–water partition coefficient (Wildman–Crippen LogP) is 1.68. The van der Waals surface area contributed by atoms with Crippen molar-refractivity contribution in [2.24, 2.45) is 5.73 Å². The quantitative estimate of drug-likeness (QED) is 0.529. The van der Waals surface area contributed by atoms with Crippen molar-refractivity contribution in [3.63, 3.8) is 0 Å². The highest BCUT2D eigenvalue weighted by Gasteiger charge is 2.35. The van der Waals surface area contributed by atoms with Gasteiger partial charge in [-0.1, -0.05) is 43.2 Å². The zero-order valence-electron chi connectivity index (χ0n) is 15.1. The average Bonchev–Trinajstić information content (AvgIpc) is 3.07. The number of hydrogen-bond donors (Lipinski definition) is 4. The summed E-state index contributed by atoms with van der Waals surface area (Å²) in [6, 6.07) is 10.5. The number of amides is 2. The molecule has 1 aliphatic rings. The van der Waals surface area contributed by atoms with Gasteiger partial charge in [0.25, 0.3) is 0 Å². The van der Waals surface area contributed by atoms with Gasteiger partial charge in [0.05, 0.1) is 13.1 Å². The second-order valence-corrected chi connectivity index (χ2v) is 6.52. The molecule has 1 saturated carbocycles. The molecule has 5 N–H and O–H groups in total. The zero-order valence-corrected chi connectivity index (χ0v) is 16.8. The highest BCUT2D eigenvalue weighted by molar-refractivity contribution is 5.86. The molecule has 1 fully saturated rings. The maximum atomic E-state index is 11.9. The Bertz CT molecular complexity index is 551. The fraction of sp³-hybridized carbons (Fsp3) is 0.556. The SMILES string of the molecule is CC(NC1(CNC(=O)CNC(=O)CN)CCCC1)c1ccccc1.Cl.Cl. The van der Waals surface area contributed by atoms with Crippen LogP contribution in [-0.4, -0.2) is 37.0 Å². The van der Waals surface area contributed by atoms with Crippen LogP contribution in [0.25, 0.3) is 0 Å². The summed E-state index contributed by atoms with van der Waals surface area (Å²) < 4.78 is 0. The van der Waals surface area contributed by atoms with E-state index in [2.05, 4.69) is 35.0 Å². The lowest BCUT2D eigenvalue weighted by Gasteiger charge is -2.34. The Kier molecular flexibility index (Phi) is 11.5. The molecule has 0 spiro atoms. The van der Waals surface area contributed by atoms with Gasteiger partial charge in [-0.05, 0) is 25.3 Å². The van der Waals surface area contributed by atoms with Gasteiger partial charge in [0, 0.05) is 18.1 Å². The van der Waals surface area contributed by atoms with Crippen molar-refractivity contribution < 1.29 is 9.59 Å². The number of hydrogen-bond acceptors (Lipinski definition) is 4. The molecule has 1 aliphatic carbocycles. The van der Waals surface area contributed by atoms with Crippen LogP contribution in [0.5, 0.6) is 0 Å². The maximum Gasteiger partial charge on any atom is 0.239 e. The molecule has 0 radical (unpaired) electrons. The fourth-order valence-corrected chi connectivity index (χ4v) is 3.29. The Labute approximate surface area is 167 Å². The van der Waals surface area contributed by atoms with Crippen LogP contribution in [0.4, 0.5) is 0 Å². The summed E-state index contributed by atoms with van der Waals surface area (Å²) >= 11 is 0. The summed E-state index contributed by atoms with van der Waals surface area (Å²) in [5.74, 6) is -0.506. The molecule has 0 aromatic heterocycles. The standard InChI is InChI=1S/C18H28N4O2.2ClH/c1-14(15-7-3-2-4-8-15)22-18(9-5-6-10-18)13-21-17(24)12-20-16(23)11-19;;/h2-4,7-8,14,22H,5-6,9-13,19H2,1H3,(H,20,23)(H,21,24);2*1H. The average molecular weight is 405 g/mol. The predicted molar refractivity (Wildman–Crippen MR) is 109 cm³/mol. The van der Waals surface area contributed by atoms with E-state index in [1.807, 2.05) is 18.2 Å². The van der Waals surface area contributed by atoms with Gasteiger partial charge in [0.1, 0.15) is 0 Å². The van der Waals surface area contributed by atoms with E-state index in [-0.39, 0.29) is 61.3 Å². The number of carbonyl (C=O) groups excluding carboxylic acids is 2. The molecule has 0 bridgehead atoms. The minimum atomic E-state index is -0.323. The Morgan fingerprint density at radius 1 is 1.08 bits per heavy atom. The van der Waals surface area contributed by atoms with Crippen LogP contribution < -0.4 is 21.7 Å².